The van der Waals surface area contributed by atoms with E-state index in [4.69, 9.17) is 16.3 Å². The third-order valence-electron chi connectivity index (χ3n) is 3.04. The van der Waals surface area contributed by atoms with Gasteiger partial charge in [-0.05, 0) is 49.2 Å². The zero-order chi connectivity index (χ0) is 15.1. The molecule has 0 bridgehead atoms. The van der Waals surface area contributed by atoms with Gasteiger partial charge in [-0.25, -0.2) is 0 Å². The molecule has 110 valence electrons. The molecule has 0 radical (unpaired) electrons. The van der Waals surface area contributed by atoms with Crippen molar-refractivity contribution in [3.05, 3.63) is 59.1 Å². The minimum atomic E-state index is 0.154. The molecule has 21 heavy (non-hydrogen) atoms. The highest BCUT2D eigenvalue weighted by atomic mass is 35.5. The van der Waals surface area contributed by atoms with Crippen molar-refractivity contribution >= 4 is 23.5 Å². The lowest BCUT2D eigenvalue weighted by Crippen LogP contribution is -2.10. The molecule has 0 heterocycles. The number of rotatable bonds is 6. The zero-order valence-electron chi connectivity index (χ0n) is 12.2. The third kappa shape index (κ3) is 4.80. The largest absolute Gasteiger partial charge is 0.489 e. The zero-order valence-corrected chi connectivity index (χ0v) is 13.0. The summed E-state index contributed by atoms with van der Waals surface area (Å²) in [6, 6.07) is 15.4. The van der Waals surface area contributed by atoms with E-state index in [1.54, 1.807) is 6.21 Å². The Labute approximate surface area is 130 Å². The first-order chi connectivity index (χ1) is 10.2. The predicted molar refractivity (Wildman–Crippen MR) is 89.5 cm³/mol. The Morgan fingerprint density at radius 1 is 1.24 bits per heavy atom. The van der Waals surface area contributed by atoms with Gasteiger partial charge in [0.15, 0.2) is 0 Å². The van der Waals surface area contributed by atoms with Gasteiger partial charge in [0.2, 0.25) is 0 Å². The Kier molecular flexibility index (Phi) is 5.64. The van der Waals surface area contributed by atoms with Crippen molar-refractivity contribution in [2.75, 3.05) is 5.43 Å². The first kappa shape index (κ1) is 15.4. The van der Waals surface area contributed by atoms with Gasteiger partial charge in [0, 0.05) is 0 Å². The number of halogens is 1. The molecule has 3 nitrogen and oxygen atoms in total. The maximum absolute atomic E-state index is 6.22. The lowest BCUT2D eigenvalue weighted by atomic mass is 10.2. The van der Waals surface area contributed by atoms with E-state index in [1.165, 1.54) is 0 Å². The highest BCUT2D eigenvalue weighted by Gasteiger charge is 2.06. The van der Waals surface area contributed by atoms with E-state index in [-0.39, 0.29) is 6.10 Å². The summed E-state index contributed by atoms with van der Waals surface area (Å²) in [5.74, 6) is 0.708. The van der Waals surface area contributed by atoms with E-state index in [2.05, 4.69) is 17.5 Å². The van der Waals surface area contributed by atoms with Crippen LogP contribution in [0.2, 0.25) is 5.02 Å². The SMILES string of the molecule is CC[C@@H](C)Oc1ccc(/C=N\Nc2ccccc2)cc1Cl. The molecule has 2 rings (SSSR count). The summed E-state index contributed by atoms with van der Waals surface area (Å²) in [5, 5.41) is 4.78. The lowest BCUT2D eigenvalue weighted by Gasteiger charge is -2.13. The summed E-state index contributed by atoms with van der Waals surface area (Å²) in [4.78, 5) is 0. The Balaban J connectivity index is 2.00. The minimum absolute atomic E-state index is 0.154. The number of ether oxygens (including phenoxy) is 1. The molecule has 0 aliphatic heterocycles. The molecule has 1 atom stereocenters. The van der Waals surface area contributed by atoms with E-state index in [0.29, 0.717) is 10.8 Å². The molecular formula is C17H19ClN2O. The first-order valence-corrected chi connectivity index (χ1v) is 7.37. The van der Waals surface area contributed by atoms with Crippen LogP contribution in [0, 0.1) is 0 Å². The molecule has 0 saturated heterocycles. The van der Waals surface area contributed by atoms with Gasteiger partial charge < -0.3 is 4.74 Å². The topological polar surface area (TPSA) is 33.6 Å². The fourth-order valence-corrected chi connectivity index (χ4v) is 1.92. The van der Waals surface area contributed by atoms with E-state index in [0.717, 1.165) is 17.7 Å². The number of hydrogen-bond donors (Lipinski definition) is 1. The molecule has 0 spiro atoms. The molecule has 4 heteroatoms. The van der Waals surface area contributed by atoms with Crippen molar-refractivity contribution in [2.24, 2.45) is 5.10 Å². The second kappa shape index (κ2) is 7.70. The average Bonchev–Trinajstić information content (AvgIpc) is 2.51. The number of hydrazone groups is 1. The number of anilines is 1. The van der Waals surface area contributed by atoms with Crippen molar-refractivity contribution < 1.29 is 4.74 Å². The highest BCUT2D eigenvalue weighted by Crippen LogP contribution is 2.26. The predicted octanol–water partition coefficient (Wildman–Crippen LogP) is 4.96. The van der Waals surface area contributed by atoms with Gasteiger partial charge in [0.25, 0.3) is 0 Å². The van der Waals surface area contributed by atoms with Crippen molar-refractivity contribution in [3.8, 4) is 5.75 Å². The van der Waals surface area contributed by atoms with Crippen LogP contribution in [0.4, 0.5) is 5.69 Å². The van der Waals surface area contributed by atoms with Gasteiger partial charge >= 0.3 is 0 Å². The maximum atomic E-state index is 6.22. The van der Waals surface area contributed by atoms with Gasteiger partial charge in [0.1, 0.15) is 5.75 Å². The number of hydrogen-bond acceptors (Lipinski definition) is 3. The van der Waals surface area contributed by atoms with Gasteiger partial charge in [-0.15, -0.1) is 0 Å². The standard InChI is InChI=1S/C17H19ClN2O/c1-3-13(2)21-17-10-9-14(11-16(17)18)12-19-20-15-7-5-4-6-8-15/h4-13,20H,3H2,1-2H3/b19-12-/t13-/m1/s1. The second-order valence-electron chi connectivity index (χ2n) is 4.76. The van der Waals surface area contributed by atoms with Gasteiger partial charge in [-0.2, -0.15) is 5.10 Å². The Morgan fingerprint density at radius 3 is 2.67 bits per heavy atom. The smallest absolute Gasteiger partial charge is 0.138 e. The highest BCUT2D eigenvalue weighted by molar-refractivity contribution is 6.32. The summed E-state index contributed by atoms with van der Waals surface area (Å²) >= 11 is 6.22. The Hall–Kier alpha value is -2.00. The number of para-hydroxylation sites is 1. The van der Waals surface area contributed by atoms with Gasteiger partial charge in [-0.1, -0.05) is 36.7 Å². The molecule has 0 saturated carbocycles. The quantitative estimate of drug-likeness (QED) is 0.604. The summed E-state index contributed by atoms with van der Waals surface area (Å²) in [6.45, 7) is 4.10. The average molecular weight is 303 g/mol. The van der Waals surface area contributed by atoms with Crippen LogP contribution in [-0.4, -0.2) is 12.3 Å². The molecular weight excluding hydrogens is 284 g/mol. The molecule has 0 aromatic heterocycles. The Bertz CT molecular complexity index is 599. The molecule has 2 aromatic carbocycles. The maximum Gasteiger partial charge on any atom is 0.138 e. The van der Waals surface area contributed by atoms with Gasteiger partial charge in [0.05, 0.1) is 23.0 Å². The summed E-state index contributed by atoms with van der Waals surface area (Å²) in [6.07, 6.45) is 2.83. The first-order valence-electron chi connectivity index (χ1n) is 6.99. The van der Waals surface area contributed by atoms with E-state index < -0.39 is 0 Å². The summed E-state index contributed by atoms with van der Waals surface area (Å²) in [5.41, 5.74) is 4.82. The van der Waals surface area contributed by atoms with Crippen LogP contribution in [0.25, 0.3) is 0 Å². The van der Waals surface area contributed by atoms with Crippen molar-refractivity contribution in [1.82, 2.24) is 0 Å². The number of nitrogens with zero attached hydrogens (tertiary/aromatic N) is 1. The fourth-order valence-electron chi connectivity index (χ4n) is 1.69. The molecule has 0 aliphatic carbocycles. The monoisotopic (exact) mass is 302 g/mol. The molecule has 2 aromatic rings. The number of nitrogens with one attached hydrogen (secondary N) is 1. The van der Waals surface area contributed by atoms with Crippen LogP contribution in [0.15, 0.2) is 53.6 Å². The molecule has 0 amide bonds. The summed E-state index contributed by atoms with van der Waals surface area (Å²) < 4.78 is 5.73. The van der Waals surface area contributed by atoms with Crippen molar-refractivity contribution in [1.29, 1.82) is 0 Å². The summed E-state index contributed by atoms with van der Waals surface area (Å²) in [7, 11) is 0. The molecule has 0 aliphatic rings. The van der Waals surface area contributed by atoms with E-state index >= 15 is 0 Å². The molecule has 0 unspecified atom stereocenters. The lowest BCUT2D eigenvalue weighted by molar-refractivity contribution is 0.217. The molecule has 0 fully saturated rings. The minimum Gasteiger partial charge on any atom is -0.489 e. The van der Waals surface area contributed by atoms with Gasteiger partial charge in [-0.3, -0.25) is 5.43 Å². The van der Waals surface area contributed by atoms with Crippen LogP contribution in [-0.2, 0) is 0 Å². The third-order valence-corrected chi connectivity index (χ3v) is 3.34. The normalized spacial score (nSPS) is 12.3. The van der Waals surface area contributed by atoms with E-state index in [9.17, 15) is 0 Å². The number of benzene rings is 2. The van der Waals surface area contributed by atoms with Crippen LogP contribution in [0.1, 0.15) is 25.8 Å². The van der Waals surface area contributed by atoms with Crippen LogP contribution >= 0.6 is 11.6 Å². The second-order valence-corrected chi connectivity index (χ2v) is 5.17. The van der Waals surface area contributed by atoms with Crippen LogP contribution < -0.4 is 10.2 Å². The van der Waals surface area contributed by atoms with Crippen molar-refractivity contribution in [2.45, 2.75) is 26.4 Å². The molecule has 1 N–H and O–H groups in total. The van der Waals surface area contributed by atoms with E-state index in [1.807, 2.05) is 55.5 Å². The Morgan fingerprint density at radius 2 is 2.00 bits per heavy atom. The van der Waals surface area contributed by atoms with Crippen LogP contribution in [0.5, 0.6) is 5.75 Å². The fraction of sp³-hybridized carbons (Fsp3) is 0.235. The van der Waals surface area contributed by atoms with Crippen LogP contribution in [0.3, 0.4) is 0 Å². The van der Waals surface area contributed by atoms with Crippen molar-refractivity contribution in [3.63, 3.8) is 0 Å².